The molecule has 4 rings (SSSR count). The minimum atomic E-state index is -0.0535. The molecule has 0 radical (unpaired) electrons. The first kappa shape index (κ1) is 14.3. The van der Waals surface area contributed by atoms with E-state index in [9.17, 15) is 4.79 Å². The second kappa shape index (κ2) is 5.42. The molecule has 3 heterocycles. The van der Waals surface area contributed by atoms with E-state index in [2.05, 4.69) is 20.2 Å². The first-order valence-electron chi connectivity index (χ1n) is 7.57. The molecule has 0 bridgehead atoms. The van der Waals surface area contributed by atoms with Gasteiger partial charge in [-0.3, -0.25) is 19.4 Å². The van der Waals surface area contributed by atoms with Crippen molar-refractivity contribution in [3.8, 4) is 22.5 Å². The number of aromatic nitrogens is 5. The first-order chi connectivity index (χ1) is 11.6. The number of aromatic amines is 1. The number of nitrogens with zero attached hydrogens (tertiary/aromatic N) is 4. The lowest BCUT2D eigenvalue weighted by atomic mass is 10.0. The quantitative estimate of drug-likeness (QED) is 0.616. The number of nitrogens with one attached hydrogen (secondary N) is 1. The smallest absolute Gasteiger partial charge is 0.261 e. The van der Waals surface area contributed by atoms with E-state index in [0.29, 0.717) is 16.7 Å². The molecular weight excluding hydrogens is 302 g/mol. The van der Waals surface area contributed by atoms with Crippen molar-refractivity contribution in [1.82, 2.24) is 24.7 Å². The van der Waals surface area contributed by atoms with Crippen LogP contribution in [0.3, 0.4) is 0 Å². The van der Waals surface area contributed by atoms with Crippen molar-refractivity contribution in [2.24, 2.45) is 7.05 Å². The third-order valence-corrected chi connectivity index (χ3v) is 4.17. The maximum absolute atomic E-state index is 12.5. The van der Waals surface area contributed by atoms with Crippen LogP contribution in [0.25, 0.3) is 33.4 Å². The fraction of sp³-hybridized carbons (Fsp3) is 0.111. The van der Waals surface area contributed by atoms with Crippen LogP contribution in [0.5, 0.6) is 0 Å². The van der Waals surface area contributed by atoms with Crippen LogP contribution in [0.15, 0.2) is 53.6 Å². The predicted octanol–water partition coefficient (Wildman–Crippen LogP) is 2.69. The van der Waals surface area contributed by atoms with Gasteiger partial charge in [0.1, 0.15) is 5.82 Å². The third kappa shape index (κ3) is 2.20. The summed E-state index contributed by atoms with van der Waals surface area (Å²) in [4.78, 5) is 21.3. The zero-order valence-electron chi connectivity index (χ0n) is 13.3. The van der Waals surface area contributed by atoms with E-state index < -0.39 is 0 Å². The molecule has 6 heteroatoms. The lowest BCUT2D eigenvalue weighted by Gasteiger charge is -2.07. The summed E-state index contributed by atoms with van der Waals surface area (Å²) >= 11 is 0. The molecule has 0 unspecified atom stereocenters. The highest BCUT2D eigenvalue weighted by molar-refractivity contribution is 5.87. The van der Waals surface area contributed by atoms with Gasteiger partial charge in [0.25, 0.3) is 5.56 Å². The van der Waals surface area contributed by atoms with E-state index >= 15 is 0 Å². The molecule has 1 N–H and O–H groups in total. The van der Waals surface area contributed by atoms with Crippen LogP contribution in [-0.2, 0) is 7.05 Å². The van der Waals surface area contributed by atoms with Crippen LogP contribution in [0, 0.1) is 6.92 Å². The number of H-pyrrole nitrogens is 1. The number of benzene rings is 1. The Balaban J connectivity index is 1.93. The van der Waals surface area contributed by atoms with Crippen molar-refractivity contribution in [3.05, 3.63) is 65.0 Å². The normalized spacial score (nSPS) is 11.1. The minimum absolute atomic E-state index is 0.0535. The van der Waals surface area contributed by atoms with Crippen molar-refractivity contribution in [1.29, 1.82) is 0 Å². The Morgan fingerprint density at radius 2 is 2.04 bits per heavy atom. The number of hydrogen-bond donors (Lipinski definition) is 1. The fourth-order valence-electron chi connectivity index (χ4n) is 2.76. The van der Waals surface area contributed by atoms with Gasteiger partial charge in [-0.05, 0) is 36.8 Å². The molecule has 0 aliphatic heterocycles. The van der Waals surface area contributed by atoms with Crippen LogP contribution >= 0.6 is 0 Å². The largest absolute Gasteiger partial charge is 0.299 e. The Labute approximate surface area is 137 Å². The Hall–Kier alpha value is -3.28. The zero-order chi connectivity index (χ0) is 16.7. The summed E-state index contributed by atoms with van der Waals surface area (Å²) in [7, 11) is 1.73. The van der Waals surface area contributed by atoms with Crippen LogP contribution in [0.2, 0.25) is 0 Å². The molecule has 24 heavy (non-hydrogen) atoms. The molecule has 6 nitrogen and oxygen atoms in total. The number of hydrogen-bond acceptors (Lipinski definition) is 4. The van der Waals surface area contributed by atoms with Crippen molar-refractivity contribution in [3.63, 3.8) is 0 Å². The van der Waals surface area contributed by atoms with Gasteiger partial charge in [0.15, 0.2) is 0 Å². The fourth-order valence-corrected chi connectivity index (χ4v) is 2.76. The second-order valence-corrected chi connectivity index (χ2v) is 5.63. The highest BCUT2D eigenvalue weighted by Crippen LogP contribution is 2.30. The Morgan fingerprint density at radius 3 is 2.83 bits per heavy atom. The molecule has 0 amide bonds. The van der Waals surface area contributed by atoms with E-state index in [1.165, 1.54) is 0 Å². The van der Waals surface area contributed by atoms with Crippen LogP contribution in [-0.4, -0.2) is 24.7 Å². The van der Waals surface area contributed by atoms with E-state index in [-0.39, 0.29) is 5.56 Å². The average Bonchev–Trinajstić information content (AvgIpc) is 3.10. The Morgan fingerprint density at radius 1 is 1.17 bits per heavy atom. The summed E-state index contributed by atoms with van der Waals surface area (Å²) in [6.45, 7) is 1.82. The molecule has 0 fully saturated rings. The van der Waals surface area contributed by atoms with Crippen molar-refractivity contribution in [2.45, 2.75) is 6.92 Å². The van der Waals surface area contributed by atoms with Crippen molar-refractivity contribution in [2.75, 3.05) is 0 Å². The van der Waals surface area contributed by atoms with E-state index in [1.54, 1.807) is 24.0 Å². The van der Waals surface area contributed by atoms with Gasteiger partial charge in [0.05, 0.1) is 28.5 Å². The van der Waals surface area contributed by atoms with Gasteiger partial charge in [-0.25, -0.2) is 4.98 Å². The maximum atomic E-state index is 12.5. The lowest BCUT2D eigenvalue weighted by Crippen LogP contribution is -2.20. The third-order valence-electron chi connectivity index (χ3n) is 4.17. The molecule has 0 aliphatic rings. The molecule has 0 saturated heterocycles. The molecule has 0 aliphatic carbocycles. The zero-order valence-corrected chi connectivity index (χ0v) is 13.3. The van der Waals surface area contributed by atoms with E-state index in [4.69, 9.17) is 0 Å². The number of pyridine rings is 1. The van der Waals surface area contributed by atoms with Gasteiger partial charge in [0, 0.05) is 18.8 Å². The van der Waals surface area contributed by atoms with Crippen molar-refractivity contribution < 1.29 is 0 Å². The summed E-state index contributed by atoms with van der Waals surface area (Å²) in [6, 6.07) is 11.4. The van der Waals surface area contributed by atoms with E-state index in [1.807, 2.05) is 43.3 Å². The molecule has 1 aromatic carbocycles. The minimum Gasteiger partial charge on any atom is -0.299 e. The van der Waals surface area contributed by atoms with Crippen LogP contribution < -0.4 is 5.56 Å². The van der Waals surface area contributed by atoms with Crippen molar-refractivity contribution >= 4 is 10.9 Å². The molecule has 0 atom stereocenters. The summed E-state index contributed by atoms with van der Waals surface area (Å²) in [5.74, 6) is 0.692. The lowest BCUT2D eigenvalue weighted by molar-refractivity contribution is 0.792. The maximum Gasteiger partial charge on any atom is 0.261 e. The van der Waals surface area contributed by atoms with Gasteiger partial charge < -0.3 is 0 Å². The highest BCUT2D eigenvalue weighted by atomic mass is 16.1. The summed E-state index contributed by atoms with van der Waals surface area (Å²) in [5.41, 5.74) is 4.08. The summed E-state index contributed by atoms with van der Waals surface area (Å²) < 4.78 is 1.56. The van der Waals surface area contributed by atoms with Crippen LogP contribution in [0.4, 0.5) is 0 Å². The molecule has 4 aromatic rings. The standard InChI is InChI=1S/C18H15N5O/c1-11-21-15-7-6-12(9-13(15)18(24)23(11)2)14-10-20-22-17(14)16-5-3-4-8-19-16/h3-10H,1-2H3,(H,20,22). The van der Waals surface area contributed by atoms with Gasteiger partial charge in [-0.2, -0.15) is 5.10 Å². The SMILES string of the molecule is Cc1nc2ccc(-c3cn[nH]c3-c3ccccn3)cc2c(=O)n1C. The monoisotopic (exact) mass is 317 g/mol. The molecule has 0 spiro atoms. The van der Waals surface area contributed by atoms with Gasteiger partial charge >= 0.3 is 0 Å². The molecule has 118 valence electrons. The molecule has 0 saturated carbocycles. The number of fused-ring (bicyclic) bond motifs is 1. The summed E-state index contributed by atoms with van der Waals surface area (Å²) in [6.07, 6.45) is 3.49. The summed E-state index contributed by atoms with van der Waals surface area (Å²) in [5, 5.41) is 7.73. The van der Waals surface area contributed by atoms with Gasteiger partial charge in [-0.15, -0.1) is 0 Å². The first-order valence-corrected chi connectivity index (χ1v) is 7.57. The van der Waals surface area contributed by atoms with Gasteiger partial charge in [0.2, 0.25) is 0 Å². The topological polar surface area (TPSA) is 76.5 Å². The van der Waals surface area contributed by atoms with Gasteiger partial charge in [-0.1, -0.05) is 12.1 Å². The van der Waals surface area contributed by atoms with Crippen LogP contribution in [0.1, 0.15) is 5.82 Å². The molecule has 3 aromatic heterocycles. The average molecular weight is 317 g/mol. The van der Waals surface area contributed by atoms with E-state index in [0.717, 1.165) is 22.5 Å². The number of rotatable bonds is 2. The predicted molar refractivity (Wildman–Crippen MR) is 92.5 cm³/mol. The Bertz CT molecular complexity index is 1100. The highest BCUT2D eigenvalue weighted by Gasteiger charge is 2.13. The second-order valence-electron chi connectivity index (χ2n) is 5.63. The number of aryl methyl sites for hydroxylation is 1. The molecular formula is C18H15N5O. The Kier molecular flexibility index (Phi) is 3.23.